The van der Waals surface area contributed by atoms with Crippen molar-refractivity contribution in [1.29, 1.82) is 0 Å². The van der Waals surface area contributed by atoms with Crippen molar-refractivity contribution in [2.24, 2.45) is 0 Å². The molecule has 0 aliphatic carbocycles. The second-order valence-corrected chi connectivity index (χ2v) is 7.68. The Morgan fingerprint density at radius 2 is 2.04 bits per heavy atom. The lowest BCUT2D eigenvalue weighted by Crippen LogP contribution is -2.56. The van der Waals surface area contributed by atoms with Crippen LogP contribution in [0.3, 0.4) is 0 Å². The standard InChI is InChI=1S/C21H22ClN3O3/c1-25(19(26)17-9-10-23-17)12-21(14-5-3-4-6-18(14)28-2)15-11-13(22)7-8-16(15)24-20(21)27/h3-8,11,17,23H,9-10,12H2,1-2H3,(H,24,27). The molecule has 7 heteroatoms. The first kappa shape index (κ1) is 18.8. The summed E-state index contributed by atoms with van der Waals surface area (Å²) in [4.78, 5) is 27.8. The van der Waals surface area contributed by atoms with Crippen LogP contribution in [0.25, 0.3) is 0 Å². The maximum absolute atomic E-state index is 13.4. The summed E-state index contributed by atoms with van der Waals surface area (Å²) in [5, 5.41) is 6.62. The van der Waals surface area contributed by atoms with Gasteiger partial charge in [-0.05, 0) is 42.8 Å². The SMILES string of the molecule is COc1ccccc1C1(CN(C)C(=O)C2CCN2)C(=O)Nc2ccc(Cl)cc21. The summed E-state index contributed by atoms with van der Waals surface area (Å²) >= 11 is 6.28. The number of ether oxygens (including phenoxy) is 1. The van der Waals surface area contributed by atoms with Gasteiger partial charge in [-0.15, -0.1) is 0 Å². The molecule has 0 bridgehead atoms. The minimum atomic E-state index is -1.11. The fraction of sp³-hybridized carbons (Fsp3) is 0.333. The number of amides is 2. The molecule has 1 saturated heterocycles. The molecule has 28 heavy (non-hydrogen) atoms. The Bertz CT molecular complexity index is 944. The van der Waals surface area contributed by atoms with E-state index in [1.807, 2.05) is 24.3 Å². The quantitative estimate of drug-likeness (QED) is 0.810. The summed E-state index contributed by atoms with van der Waals surface area (Å²) in [6, 6.07) is 12.5. The first-order valence-electron chi connectivity index (χ1n) is 9.20. The molecule has 0 saturated carbocycles. The van der Waals surface area contributed by atoms with Crippen LogP contribution in [0.4, 0.5) is 5.69 Å². The smallest absolute Gasteiger partial charge is 0.241 e. The Balaban J connectivity index is 1.86. The number of para-hydroxylation sites is 1. The molecule has 1 fully saturated rings. The number of carbonyl (C=O) groups excluding carboxylic acids is 2. The van der Waals surface area contributed by atoms with E-state index in [-0.39, 0.29) is 24.4 Å². The van der Waals surface area contributed by atoms with Gasteiger partial charge in [-0.1, -0.05) is 29.8 Å². The number of carbonyl (C=O) groups is 2. The number of benzene rings is 2. The molecule has 2 heterocycles. The van der Waals surface area contributed by atoms with Gasteiger partial charge in [-0.25, -0.2) is 0 Å². The molecule has 2 atom stereocenters. The highest BCUT2D eigenvalue weighted by Crippen LogP contribution is 2.47. The second-order valence-electron chi connectivity index (χ2n) is 7.24. The van der Waals surface area contributed by atoms with Gasteiger partial charge < -0.3 is 20.3 Å². The molecule has 146 valence electrons. The maximum atomic E-state index is 13.4. The summed E-state index contributed by atoms with van der Waals surface area (Å²) in [5.41, 5.74) is 1.04. The number of nitrogens with one attached hydrogen (secondary N) is 2. The first-order valence-corrected chi connectivity index (χ1v) is 9.58. The van der Waals surface area contributed by atoms with Crippen LogP contribution in [0.1, 0.15) is 17.5 Å². The number of rotatable bonds is 5. The van der Waals surface area contributed by atoms with Gasteiger partial charge in [0.05, 0.1) is 13.2 Å². The third-order valence-corrected chi connectivity index (χ3v) is 5.85. The van der Waals surface area contributed by atoms with Crippen LogP contribution in [0, 0.1) is 0 Å². The lowest BCUT2D eigenvalue weighted by atomic mass is 9.74. The van der Waals surface area contributed by atoms with Crippen LogP contribution in [-0.2, 0) is 15.0 Å². The minimum Gasteiger partial charge on any atom is -0.496 e. The zero-order valence-electron chi connectivity index (χ0n) is 15.8. The predicted molar refractivity (Wildman–Crippen MR) is 108 cm³/mol. The van der Waals surface area contributed by atoms with E-state index in [4.69, 9.17) is 16.3 Å². The molecule has 0 radical (unpaired) electrons. The van der Waals surface area contributed by atoms with Crippen molar-refractivity contribution in [2.75, 3.05) is 32.6 Å². The third-order valence-electron chi connectivity index (χ3n) is 5.62. The molecular formula is C21H22ClN3O3. The highest BCUT2D eigenvalue weighted by Gasteiger charge is 2.51. The first-order chi connectivity index (χ1) is 13.5. The number of methoxy groups -OCH3 is 1. The summed E-state index contributed by atoms with van der Waals surface area (Å²) in [6.07, 6.45) is 0.805. The molecule has 2 aliphatic rings. The van der Waals surface area contributed by atoms with Crippen LogP contribution >= 0.6 is 11.6 Å². The van der Waals surface area contributed by atoms with Gasteiger partial charge in [0.2, 0.25) is 11.8 Å². The molecule has 6 nitrogen and oxygen atoms in total. The minimum absolute atomic E-state index is 0.0243. The molecule has 2 aromatic rings. The zero-order chi connectivity index (χ0) is 19.9. The predicted octanol–water partition coefficient (Wildman–Crippen LogP) is 2.41. The van der Waals surface area contributed by atoms with Crippen molar-refractivity contribution in [2.45, 2.75) is 17.9 Å². The Morgan fingerprint density at radius 3 is 2.71 bits per heavy atom. The van der Waals surface area contributed by atoms with Crippen LogP contribution < -0.4 is 15.4 Å². The van der Waals surface area contributed by atoms with E-state index < -0.39 is 5.41 Å². The number of halogens is 1. The van der Waals surface area contributed by atoms with Gasteiger partial charge in [-0.3, -0.25) is 9.59 Å². The van der Waals surface area contributed by atoms with E-state index in [0.29, 0.717) is 22.0 Å². The fourth-order valence-electron chi connectivity index (χ4n) is 4.04. The van der Waals surface area contributed by atoms with Crippen molar-refractivity contribution in [1.82, 2.24) is 10.2 Å². The van der Waals surface area contributed by atoms with Gasteiger partial charge in [0.25, 0.3) is 0 Å². The topological polar surface area (TPSA) is 70.7 Å². The van der Waals surface area contributed by atoms with E-state index in [9.17, 15) is 9.59 Å². The Morgan fingerprint density at radius 1 is 1.29 bits per heavy atom. The van der Waals surface area contributed by atoms with Crippen molar-refractivity contribution >= 4 is 29.1 Å². The molecule has 2 unspecified atom stereocenters. The van der Waals surface area contributed by atoms with Gasteiger partial charge in [0, 0.05) is 29.9 Å². The van der Waals surface area contributed by atoms with Crippen molar-refractivity contribution in [3.05, 3.63) is 58.6 Å². The van der Waals surface area contributed by atoms with Crippen molar-refractivity contribution in [3.63, 3.8) is 0 Å². The number of hydrogen-bond donors (Lipinski definition) is 2. The molecule has 4 rings (SSSR count). The third kappa shape index (κ3) is 2.84. The largest absolute Gasteiger partial charge is 0.496 e. The van der Waals surface area contributed by atoms with Crippen molar-refractivity contribution in [3.8, 4) is 5.75 Å². The second kappa shape index (κ2) is 7.11. The van der Waals surface area contributed by atoms with Crippen LogP contribution in [0.15, 0.2) is 42.5 Å². The van der Waals surface area contributed by atoms with E-state index in [2.05, 4.69) is 10.6 Å². The van der Waals surface area contributed by atoms with Crippen molar-refractivity contribution < 1.29 is 14.3 Å². The summed E-state index contributed by atoms with van der Waals surface area (Å²) in [6.45, 7) is 1.02. The van der Waals surface area contributed by atoms with E-state index in [1.165, 1.54) is 0 Å². The average Bonchev–Trinajstić information content (AvgIpc) is 2.92. The van der Waals surface area contributed by atoms with E-state index >= 15 is 0 Å². The molecule has 2 amide bonds. The Kier molecular flexibility index (Phi) is 4.77. The number of anilines is 1. The van der Waals surface area contributed by atoms with Crippen LogP contribution in [0.5, 0.6) is 5.75 Å². The molecule has 0 spiro atoms. The highest BCUT2D eigenvalue weighted by molar-refractivity contribution is 6.31. The monoisotopic (exact) mass is 399 g/mol. The lowest BCUT2D eigenvalue weighted by Gasteiger charge is -2.37. The molecule has 2 aromatic carbocycles. The van der Waals surface area contributed by atoms with Crippen LogP contribution in [-0.4, -0.2) is 50.0 Å². The van der Waals surface area contributed by atoms with Gasteiger partial charge in [0.15, 0.2) is 0 Å². The Labute approximate surface area is 168 Å². The average molecular weight is 400 g/mol. The molecule has 0 aromatic heterocycles. The highest BCUT2D eigenvalue weighted by atomic mass is 35.5. The summed E-state index contributed by atoms with van der Waals surface area (Å²) < 4.78 is 5.57. The molecule has 2 N–H and O–H groups in total. The lowest BCUT2D eigenvalue weighted by molar-refractivity contribution is -0.135. The summed E-state index contributed by atoms with van der Waals surface area (Å²) in [5.74, 6) is 0.368. The number of fused-ring (bicyclic) bond motifs is 1. The number of nitrogens with zero attached hydrogens (tertiary/aromatic N) is 1. The normalized spacial score (nSPS) is 22.8. The van der Waals surface area contributed by atoms with E-state index in [0.717, 1.165) is 18.5 Å². The fourth-order valence-corrected chi connectivity index (χ4v) is 4.21. The van der Waals surface area contributed by atoms with E-state index in [1.54, 1.807) is 37.3 Å². The number of hydrogen-bond acceptors (Lipinski definition) is 4. The van der Waals surface area contributed by atoms with Gasteiger partial charge in [-0.2, -0.15) is 0 Å². The zero-order valence-corrected chi connectivity index (χ0v) is 16.5. The maximum Gasteiger partial charge on any atom is 0.241 e. The summed E-state index contributed by atoms with van der Waals surface area (Å²) in [7, 11) is 3.31. The number of likely N-dealkylation sites (N-methyl/N-ethyl adjacent to an activating group) is 1. The molecular weight excluding hydrogens is 378 g/mol. The van der Waals surface area contributed by atoms with Gasteiger partial charge >= 0.3 is 0 Å². The van der Waals surface area contributed by atoms with Crippen LogP contribution in [0.2, 0.25) is 5.02 Å². The Hall–Kier alpha value is -2.57. The van der Waals surface area contributed by atoms with Gasteiger partial charge in [0.1, 0.15) is 11.2 Å². The molecule has 2 aliphatic heterocycles.